The lowest BCUT2D eigenvalue weighted by Gasteiger charge is -2.42. The normalized spacial score (nSPS) is 33.2. The van der Waals surface area contributed by atoms with Gasteiger partial charge in [0, 0.05) is 38.3 Å². The van der Waals surface area contributed by atoms with E-state index in [2.05, 4.69) is 48.3 Å². The van der Waals surface area contributed by atoms with Crippen molar-refractivity contribution in [3.05, 3.63) is 0 Å². The number of hydrogen-bond acceptors (Lipinski definition) is 5. The molecule has 0 aliphatic carbocycles. The standard InChI is InChI=1S/C12H26N4O/c1-10-13-11(17-14-10)9-15-5-7-16(8-6-15)12(2,3)4/h10-11,13-14H,5-9H2,1-4H3. The van der Waals surface area contributed by atoms with Crippen LogP contribution in [0.15, 0.2) is 0 Å². The summed E-state index contributed by atoms with van der Waals surface area (Å²) in [4.78, 5) is 10.5. The molecule has 5 heteroatoms. The maximum absolute atomic E-state index is 5.45. The molecule has 2 aliphatic rings. The Labute approximate surface area is 104 Å². The van der Waals surface area contributed by atoms with E-state index in [1.165, 1.54) is 0 Å². The van der Waals surface area contributed by atoms with Gasteiger partial charge in [0.15, 0.2) is 0 Å². The van der Waals surface area contributed by atoms with E-state index >= 15 is 0 Å². The van der Waals surface area contributed by atoms with Gasteiger partial charge in [-0.2, -0.15) is 5.48 Å². The fraction of sp³-hybridized carbons (Fsp3) is 1.00. The van der Waals surface area contributed by atoms with Crippen LogP contribution >= 0.6 is 0 Å². The van der Waals surface area contributed by atoms with Gasteiger partial charge in [-0.3, -0.25) is 20.0 Å². The van der Waals surface area contributed by atoms with Crippen molar-refractivity contribution in [1.29, 1.82) is 0 Å². The molecule has 2 fully saturated rings. The number of piperazine rings is 1. The molecule has 0 bridgehead atoms. The summed E-state index contributed by atoms with van der Waals surface area (Å²) in [6.45, 7) is 14.5. The van der Waals surface area contributed by atoms with Crippen LogP contribution in [0.1, 0.15) is 27.7 Å². The SMILES string of the molecule is CC1NOC(CN2CCN(C(C)(C)C)CC2)N1. The van der Waals surface area contributed by atoms with Gasteiger partial charge in [0.05, 0.1) is 6.17 Å². The zero-order valence-corrected chi connectivity index (χ0v) is 11.5. The molecule has 2 rings (SSSR count). The topological polar surface area (TPSA) is 39.8 Å². The second kappa shape index (κ2) is 5.20. The highest BCUT2D eigenvalue weighted by molar-refractivity contribution is 4.83. The summed E-state index contributed by atoms with van der Waals surface area (Å²) in [5.41, 5.74) is 3.24. The van der Waals surface area contributed by atoms with Crippen LogP contribution in [0, 0.1) is 0 Å². The monoisotopic (exact) mass is 242 g/mol. The Morgan fingerprint density at radius 3 is 2.29 bits per heavy atom. The van der Waals surface area contributed by atoms with Gasteiger partial charge in [0.1, 0.15) is 6.23 Å². The number of hydroxylamine groups is 1. The van der Waals surface area contributed by atoms with Crippen molar-refractivity contribution < 1.29 is 4.84 Å². The van der Waals surface area contributed by atoms with E-state index in [0.29, 0.717) is 5.54 Å². The molecule has 100 valence electrons. The number of rotatable bonds is 2. The molecule has 0 aromatic rings. The Balaban J connectivity index is 1.72. The quantitative estimate of drug-likeness (QED) is 0.724. The fourth-order valence-corrected chi connectivity index (χ4v) is 2.46. The van der Waals surface area contributed by atoms with E-state index in [1.54, 1.807) is 0 Å². The Kier molecular flexibility index (Phi) is 4.05. The fourth-order valence-electron chi connectivity index (χ4n) is 2.46. The van der Waals surface area contributed by atoms with Crippen LogP contribution < -0.4 is 10.8 Å². The Morgan fingerprint density at radius 1 is 1.18 bits per heavy atom. The summed E-state index contributed by atoms with van der Waals surface area (Å²) in [6, 6.07) is 0. The molecule has 2 atom stereocenters. The minimum Gasteiger partial charge on any atom is -0.297 e. The molecule has 0 spiro atoms. The van der Waals surface area contributed by atoms with Crippen LogP contribution in [0.2, 0.25) is 0 Å². The summed E-state index contributed by atoms with van der Waals surface area (Å²) in [7, 11) is 0. The number of nitrogens with one attached hydrogen (secondary N) is 2. The largest absolute Gasteiger partial charge is 0.297 e. The summed E-state index contributed by atoms with van der Waals surface area (Å²) < 4.78 is 0. The first-order valence-corrected chi connectivity index (χ1v) is 6.60. The molecule has 2 heterocycles. The van der Waals surface area contributed by atoms with Gasteiger partial charge in [-0.15, -0.1) is 0 Å². The van der Waals surface area contributed by atoms with Crippen molar-refractivity contribution >= 4 is 0 Å². The molecular formula is C12H26N4O. The van der Waals surface area contributed by atoms with Gasteiger partial charge in [0.25, 0.3) is 0 Å². The van der Waals surface area contributed by atoms with Gasteiger partial charge in [-0.1, -0.05) is 0 Å². The van der Waals surface area contributed by atoms with Gasteiger partial charge in [-0.05, 0) is 27.7 Å². The predicted molar refractivity (Wildman–Crippen MR) is 68.4 cm³/mol. The summed E-state index contributed by atoms with van der Waals surface area (Å²) in [6.07, 6.45) is 0.391. The average Bonchev–Trinajstić information content (AvgIpc) is 2.63. The van der Waals surface area contributed by atoms with Gasteiger partial charge in [-0.25, -0.2) is 0 Å². The summed E-state index contributed by atoms with van der Waals surface area (Å²) >= 11 is 0. The van der Waals surface area contributed by atoms with E-state index in [0.717, 1.165) is 32.7 Å². The van der Waals surface area contributed by atoms with Crippen molar-refractivity contribution in [1.82, 2.24) is 20.6 Å². The lowest BCUT2D eigenvalue weighted by molar-refractivity contribution is -0.0131. The van der Waals surface area contributed by atoms with Crippen LogP contribution in [-0.2, 0) is 4.84 Å². The third-order valence-electron chi connectivity index (χ3n) is 3.57. The first kappa shape index (κ1) is 13.2. The highest BCUT2D eigenvalue weighted by atomic mass is 16.7. The third kappa shape index (κ3) is 3.63. The summed E-state index contributed by atoms with van der Waals surface area (Å²) in [5.74, 6) is 0. The second-order valence-corrected chi connectivity index (χ2v) is 6.07. The smallest absolute Gasteiger partial charge is 0.143 e. The zero-order valence-electron chi connectivity index (χ0n) is 11.5. The molecule has 2 unspecified atom stereocenters. The molecule has 0 aromatic heterocycles. The molecular weight excluding hydrogens is 216 g/mol. The predicted octanol–water partition coefficient (Wildman–Crippen LogP) is 0.199. The van der Waals surface area contributed by atoms with E-state index in [4.69, 9.17) is 4.84 Å². The number of hydrogen-bond donors (Lipinski definition) is 2. The lowest BCUT2D eigenvalue weighted by Crippen LogP contribution is -2.55. The van der Waals surface area contributed by atoms with Crippen molar-refractivity contribution in [2.45, 2.75) is 45.6 Å². The average molecular weight is 242 g/mol. The molecule has 5 nitrogen and oxygen atoms in total. The van der Waals surface area contributed by atoms with Crippen LogP contribution in [0.3, 0.4) is 0 Å². The highest BCUT2D eigenvalue weighted by Gasteiger charge is 2.28. The van der Waals surface area contributed by atoms with Gasteiger partial charge >= 0.3 is 0 Å². The van der Waals surface area contributed by atoms with Crippen molar-refractivity contribution in [2.24, 2.45) is 0 Å². The Bertz CT molecular complexity index is 245. The van der Waals surface area contributed by atoms with Crippen molar-refractivity contribution in [3.8, 4) is 0 Å². The van der Waals surface area contributed by atoms with Gasteiger partial charge < -0.3 is 0 Å². The van der Waals surface area contributed by atoms with Crippen molar-refractivity contribution in [3.63, 3.8) is 0 Å². The maximum Gasteiger partial charge on any atom is 0.143 e. The molecule has 0 amide bonds. The summed E-state index contributed by atoms with van der Waals surface area (Å²) in [5, 5.41) is 3.35. The first-order chi connectivity index (χ1) is 7.95. The van der Waals surface area contributed by atoms with E-state index < -0.39 is 0 Å². The van der Waals surface area contributed by atoms with E-state index in [-0.39, 0.29) is 12.4 Å². The minimum absolute atomic E-state index is 0.131. The van der Waals surface area contributed by atoms with Crippen LogP contribution in [0.25, 0.3) is 0 Å². The van der Waals surface area contributed by atoms with Crippen LogP contribution in [0.5, 0.6) is 0 Å². The molecule has 0 radical (unpaired) electrons. The Hall–Kier alpha value is -0.200. The van der Waals surface area contributed by atoms with Crippen LogP contribution in [0.4, 0.5) is 0 Å². The molecule has 2 saturated heterocycles. The van der Waals surface area contributed by atoms with E-state index in [1.807, 2.05) is 0 Å². The van der Waals surface area contributed by atoms with Gasteiger partial charge in [0.2, 0.25) is 0 Å². The van der Waals surface area contributed by atoms with E-state index in [9.17, 15) is 0 Å². The van der Waals surface area contributed by atoms with Crippen molar-refractivity contribution in [2.75, 3.05) is 32.7 Å². The lowest BCUT2D eigenvalue weighted by atomic mass is 10.1. The molecule has 17 heavy (non-hydrogen) atoms. The molecule has 0 saturated carbocycles. The molecule has 0 aromatic carbocycles. The van der Waals surface area contributed by atoms with Crippen LogP contribution in [-0.4, -0.2) is 60.5 Å². The number of nitrogens with zero attached hydrogens (tertiary/aromatic N) is 2. The molecule has 2 N–H and O–H groups in total. The molecule has 2 aliphatic heterocycles. The third-order valence-corrected chi connectivity index (χ3v) is 3.57. The first-order valence-electron chi connectivity index (χ1n) is 6.60. The zero-order chi connectivity index (χ0) is 12.5. The second-order valence-electron chi connectivity index (χ2n) is 6.07. The maximum atomic E-state index is 5.45. The minimum atomic E-state index is 0.131. The highest BCUT2D eigenvalue weighted by Crippen LogP contribution is 2.16. The Morgan fingerprint density at radius 2 is 1.82 bits per heavy atom.